The van der Waals surface area contributed by atoms with Crippen LogP contribution in [0.25, 0.3) is 0 Å². The highest BCUT2D eigenvalue weighted by molar-refractivity contribution is 6.28. The Morgan fingerprint density at radius 3 is 1.47 bits per heavy atom. The molecule has 24 nitrogen and oxygen atoms in total. The predicted octanol–water partition coefficient (Wildman–Crippen LogP) is 0.231. The standard InChI is InChI=1S/C62H111N11O13/c1-23-24-25-37(12)50(77)49(69-21)55(82)62(53(80)47(64)40(15)75,61(31-74,45(76)30-65-17)73(22)59(86)44(29-35(8)9)72-58(85)43(67-19)28-34(6)7)60(16,54(81)48(68-20)36(10)11)46(51(78)39(14)70-56(83)38(13)63)52(79)41(26-32(2)3)71-57(84)42(66-18)27-33(4)5/h23-24,31,33-44,46-50,65-69,75,77H,2,25-30,63-64H2,1,3-22H3,(H,70,83)(H,71,84)(H,72,85)/b24-23+/t37?,38-,39+,40-,41-,42-,43-,44-,46?,47-,48-,49?,50?,60?,61-,62?/m0/s1. The molecule has 0 aromatic heterocycles. The van der Waals surface area contributed by atoms with Gasteiger partial charge in [-0.25, -0.2) is 0 Å². The van der Waals surface area contributed by atoms with E-state index in [9.17, 15) is 24.6 Å². The Morgan fingerprint density at radius 1 is 0.628 bits per heavy atom. The van der Waals surface area contributed by atoms with Crippen molar-refractivity contribution in [2.75, 3.05) is 48.8 Å². The number of allylic oxidation sites excluding steroid dienone is 2. The number of aldehydes is 1. The van der Waals surface area contributed by atoms with Crippen LogP contribution in [0.15, 0.2) is 24.3 Å². The Morgan fingerprint density at radius 2 is 1.09 bits per heavy atom. The van der Waals surface area contributed by atoms with Crippen molar-refractivity contribution < 1.29 is 63.0 Å². The number of nitrogens with one attached hydrogen (secondary N) is 8. The molecular formula is C62H111N11O13. The highest BCUT2D eigenvalue weighted by Crippen LogP contribution is 2.59. The number of Topliss-reactive ketones (excluding diaryl/α,β-unsaturated/α-hetero) is 6. The van der Waals surface area contributed by atoms with Gasteiger partial charge < -0.3 is 73.9 Å². The number of hydrogen-bond donors (Lipinski definition) is 12. The van der Waals surface area contributed by atoms with E-state index in [1.54, 1.807) is 32.9 Å². The summed E-state index contributed by atoms with van der Waals surface area (Å²) in [5.74, 6) is -18.5. The van der Waals surface area contributed by atoms with Crippen LogP contribution in [0.5, 0.6) is 0 Å². The molecule has 0 radical (unpaired) electrons. The van der Waals surface area contributed by atoms with Crippen molar-refractivity contribution in [3.05, 3.63) is 24.3 Å². The lowest BCUT2D eigenvalue weighted by Crippen LogP contribution is -2.84. The summed E-state index contributed by atoms with van der Waals surface area (Å²) in [5, 5.41) is 46.5. The van der Waals surface area contributed by atoms with Crippen LogP contribution in [-0.2, 0) is 52.7 Å². The summed E-state index contributed by atoms with van der Waals surface area (Å²) in [6.45, 7) is 25.9. The molecule has 0 bridgehead atoms. The number of amides is 4. The van der Waals surface area contributed by atoms with Crippen molar-refractivity contribution in [3.8, 4) is 0 Å². The van der Waals surface area contributed by atoms with Crippen LogP contribution in [0.2, 0.25) is 0 Å². The zero-order chi connectivity index (χ0) is 67.3. The molecule has 0 spiro atoms. The van der Waals surface area contributed by atoms with Gasteiger partial charge in [-0.2, -0.15) is 0 Å². The number of ketones is 6. The second-order valence-corrected chi connectivity index (χ2v) is 25.2. The highest BCUT2D eigenvalue weighted by Gasteiger charge is 2.81. The minimum Gasteiger partial charge on any atom is -0.391 e. The quantitative estimate of drug-likeness (QED) is 0.0221. The van der Waals surface area contributed by atoms with E-state index >= 15 is 38.4 Å². The number of carbonyl (C=O) groups is 11. The predicted molar refractivity (Wildman–Crippen MR) is 333 cm³/mol. The van der Waals surface area contributed by atoms with Crippen molar-refractivity contribution in [2.45, 2.75) is 208 Å². The minimum absolute atomic E-state index is 0.0443. The molecule has 492 valence electrons. The van der Waals surface area contributed by atoms with E-state index in [1.807, 2.05) is 27.7 Å². The van der Waals surface area contributed by atoms with Gasteiger partial charge in [0, 0.05) is 7.05 Å². The number of nitrogens with two attached hydrogens (primary N) is 2. The average molecular weight is 1220 g/mol. The molecule has 16 atom stereocenters. The van der Waals surface area contributed by atoms with E-state index in [0.29, 0.717) is 4.90 Å². The minimum atomic E-state index is -4.12. The van der Waals surface area contributed by atoms with Gasteiger partial charge in [0.1, 0.15) is 11.5 Å². The maximum absolute atomic E-state index is 17.6. The molecule has 0 aliphatic heterocycles. The Kier molecular flexibility index (Phi) is 34.0. The van der Waals surface area contributed by atoms with Gasteiger partial charge in [0.05, 0.1) is 78.4 Å². The summed E-state index contributed by atoms with van der Waals surface area (Å²) in [7, 11) is 7.67. The van der Waals surface area contributed by atoms with Gasteiger partial charge in [0.25, 0.3) is 0 Å². The summed E-state index contributed by atoms with van der Waals surface area (Å²) < 4.78 is 0. The Hall–Kier alpha value is -5.31. The largest absolute Gasteiger partial charge is 0.391 e. The first-order chi connectivity index (χ1) is 39.8. The number of hydrogen-bond acceptors (Lipinski definition) is 20. The second kappa shape index (κ2) is 36.2. The van der Waals surface area contributed by atoms with Crippen molar-refractivity contribution in [1.82, 2.24) is 47.4 Å². The average Bonchev–Trinajstić information content (AvgIpc) is 0.682. The molecule has 0 aromatic rings. The molecule has 0 fully saturated rings. The van der Waals surface area contributed by atoms with Crippen LogP contribution in [0.4, 0.5) is 0 Å². The lowest BCUT2D eigenvalue weighted by Gasteiger charge is -2.60. The molecule has 6 unspecified atom stereocenters. The lowest BCUT2D eigenvalue weighted by atomic mass is 9.41. The van der Waals surface area contributed by atoms with Crippen molar-refractivity contribution in [1.29, 1.82) is 0 Å². The van der Waals surface area contributed by atoms with E-state index in [0.717, 1.165) is 27.8 Å². The van der Waals surface area contributed by atoms with Gasteiger partial charge in [-0.3, -0.25) is 47.9 Å². The normalized spacial score (nSPS) is 18.7. The van der Waals surface area contributed by atoms with Gasteiger partial charge in [-0.05, 0) is 138 Å². The first-order valence-corrected chi connectivity index (χ1v) is 30.1. The fourth-order valence-electron chi connectivity index (χ4n) is 11.6. The SMILES string of the molecule is C=C(C)C[C@H](NC(=O)[C@H](CC(C)C)NC)C(=O)C(C(=O)[C@@H](C)NC(=O)[C@H](C)N)C(C)(C(=O)[C@@H](NC)C(C)C)C(C(=O)C(NC)C(O)C(C)C/C=C/C)(C(=O)[C@@H](N)[C@H](C)O)[C@](C=O)(C(=O)CNC)N(C)C(=O)[C@H](CC(C)C)NC(=O)[C@H](CC(C)C)NC. The monoisotopic (exact) mass is 1220 g/mol. The van der Waals surface area contributed by atoms with E-state index in [1.165, 1.54) is 69.9 Å². The van der Waals surface area contributed by atoms with Crippen LogP contribution in [0, 0.1) is 46.3 Å². The van der Waals surface area contributed by atoms with Gasteiger partial charge in [0.2, 0.25) is 23.6 Å². The Bertz CT molecular complexity index is 2380. The van der Waals surface area contributed by atoms with Gasteiger partial charge in [0.15, 0.2) is 46.5 Å². The van der Waals surface area contributed by atoms with E-state index in [4.69, 9.17) is 11.5 Å². The smallest absolute Gasteiger partial charge is 0.246 e. The molecule has 86 heavy (non-hydrogen) atoms. The van der Waals surface area contributed by atoms with Crippen molar-refractivity contribution in [2.24, 2.45) is 57.8 Å². The first-order valence-electron chi connectivity index (χ1n) is 30.1. The topological polar surface area (TPSA) is 380 Å². The molecule has 24 heteroatoms. The first kappa shape index (κ1) is 80.7. The van der Waals surface area contributed by atoms with Crippen LogP contribution in [0.3, 0.4) is 0 Å². The van der Waals surface area contributed by atoms with Crippen LogP contribution >= 0.6 is 0 Å². The highest BCUT2D eigenvalue weighted by atomic mass is 16.3. The zero-order valence-electron chi connectivity index (χ0n) is 55.5. The van der Waals surface area contributed by atoms with Crippen molar-refractivity contribution >= 4 is 64.6 Å². The third-order valence-electron chi connectivity index (χ3n) is 16.4. The summed E-state index contributed by atoms with van der Waals surface area (Å²) in [6.07, 6.45) is -1.14. The maximum Gasteiger partial charge on any atom is 0.246 e. The van der Waals surface area contributed by atoms with Crippen LogP contribution in [-0.4, -0.2) is 201 Å². The Labute approximate surface area is 512 Å². The summed E-state index contributed by atoms with van der Waals surface area (Å²) in [4.78, 5) is 177. The molecule has 0 aliphatic carbocycles. The maximum atomic E-state index is 17.6. The van der Waals surface area contributed by atoms with E-state index < -0.39 is 178 Å². The molecule has 0 aliphatic rings. The third-order valence-corrected chi connectivity index (χ3v) is 16.4. The van der Waals surface area contributed by atoms with Crippen molar-refractivity contribution in [3.63, 3.8) is 0 Å². The number of aliphatic hydroxyl groups is 2. The van der Waals surface area contributed by atoms with E-state index in [2.05, 4.69) is 49.1 Å². The summed E-state index contributed by atoms with van der Waals surface area (Å²) in [5.41, 5.74) is 1.52. The third kappa shape index (κ3) is 18.9. The number of likely N-dealkylation sites (N-methyl/N-ethyl adjacent to an activating group) is 6. The van der Waals surface area contributed by atoms with E-state index in [-0.39, 0.29) is 49.4 Å². The lowest BCUT2D eigenvalue weighted by molar-refractivity contribution is -0.192. The van der Waals surface area contributed by atoms with Gasteiger partial charge >= 0.3 is 0 Å². The van der Waals surface area contributed by atoms with Crippen LogP contribution in [0.1, 0.15) is 136 Å². The van der Waals surface area contributed by atoms with Gasteiger partial charge in [-0.1, -0.05) is 80.0 Å². The second-order valence-electron chi connectivity index (χ2n) is 25.2. The fraction of sp³-hybridized carbons (Fsp3) is 0.758. The molecule has 4 amide bonds. The molecule has 0 saturated carbocycles. The van der Waals surface area contributed by atoms with Gasteiger partial charge in [-0.15, -0.1) is 6.58 Å². The number of aliphatic hydroxyl groups excluding tert-OH is 2. The molecule has 0 aromatic carbocycles. The molecule has 14 N–H and O–H groups in total. The summed E-state index contributed by atoms with van der Waals surface area (Å²) in [6, 6.07) is -15.2. The molecule has 0 rings (SSSR count). The number of nitrogens with zero attached hydrogens (tertiary/aromatic N) is 1. The van der Waals surface area contributed by atoms with Crippen LogP contribution < -0.4 is 54.0 Å². The summed E-state index contributed by atoms with van der Waals surface area (Å²) >= 11 is 0. The number of rotatable bonds is 43. The fourth-order valence-corrected chi connectivity index (χ4v) is 11.6. The Balaban J connectivity index is 11.4. The zero-order valence-corrected chi connectivity index (χ0v) is 55.5. The number of carbonyl (C=O) groups excluding carboxylic acids is 11. The molecule has 0 heterocycles. The molecule has 0 saturated heterocycles. The molecular weight excluding hydrogens is 1110 g/mol.